The van der Waals surface area contributed by atoms with E-state index >= 15 is 0 Å². The van der Waals surface area contributed by atoms with Gasteiger partial charge < -0.3 is 9.47 Å². The molecule has 0 N–H and O–H groups in total. The number of benzene rings is 8. The van der Waals surface area contributed by atoms with E-state index in [2.05, 4.69) is 227 Å². The highest BCUT2D eigenvalue weighted by Crippen LogP contribution is 2.50. The lowest BCUT2D eigenvalue weighted by Crippen LogP contribution is -2.19. The SMILES string of the molecule is CC(C)(C)c1cc(N(c2ccccc2-c2cccc3cccc(C4CCCCC4)c23)c2ccccc2-c2cccc3c2c2ccccc2n3-c2ccccc2)cc(C(C)(C)C)c1. The Morgan fingerprint density at radius 3 is 1.61 bits per heavy atom. The molecule has 10 rings (SSSR count). The van der Waals surface area contributed by atoms with Crippen molar-refractivity contribution < 1.29 is 0 Å². The third-order valence-electron chi connectivity index (χ3n) is 13.5. The summed E-state index contributed by atoms with van der Waals surface area (Å²) in [5.41, 5.74) is 16.1. The van der Waals surface area contributed by atoms with Crippen molar-refractivity contribution in [3.05, 3.63) is 193 Å². The molecule has 0 amide bonds. The van der Waals surface area contributed by atoms with Gasteiger partial charge in [0.05, 0.1) is 22.4 Å². The lowest BCUT2D eigenvalue weighted by molar-refractivity contribution is 0.445. The average Bonchev–Trinajstić information content (AvgIpc) is 3.64. The Morgan fingerprint density at radius 1 is 0.452 bits per heavy atom. The molecule has 1 fully saturated rings. The molecule has 0 unspecified atom stereocenters. The molecule has 0 saturated heterocycles. The van der Waals surface area contributed by atoms with E-state index in [1.54, 1.807) is 0 Å². The molecule has 8 aromatic carbocycles. The largest absolute Gasteiger partial charge is 0.309 e. The van der Waals surface area contributed by atoms with E-state index in [4.69, 9.17) is 0 Å². The summed E-state index contributed by atoms with van der Waals surface area (Å²) in [6.07, 6.45) is 6.48. The van der Waals surface area contributed by atoms with Crippen molar-refractivity contribution in [2.45, 2.75) is 90.4 Å². The molecule has 1 saturated carbocycles. The maximum Gasteiger partial charge on any atom is 0.0547 e. The second-order valence-corrected chi connectivity index (χ2v) is 19.6. The monoisotopic (exact) mass is 806 g/mol. The number of fused-ring (bicyclic) bond motifs is 4. The van der Waals surface area contributed by atoms with Gasteiger partial charge in [0.2, 0.25) is 0 Å². The minimum atomic E-state index is -0.0594. The zero-order valence-corrected chi connectivity index (χ0v) is 37.3. The van der Waals surface area contributed by atoms with Gasteiger partial charge in [-0.25, -0.2) is 0 Å². The fourth-order valence-electron chi connectivity index (χ4n) is 10.3. The summed E-state index contributed by atoms with van der Waals surface area (Å²) in [7, 11) is 0. The lowest BCUT2D eigenvalue weighted by atomic mass is 9.80. The van der Waals surface area contributed by atoms with E-state index in [0.29, 0.717) is 5.92 Å². The maximum atomic E-state index is 2.59. The summed E-state index contributed by atoms with van der Waals surface area (Å²) in [6.45, 7) is 14.1. The van der Waals surface area contributed by atoms with Crippen LogP contribution in [0.25, 0.3) is 60.5 Å². The van der Waals surface area contributed by atoms with Gasteiger partial charge in [-0.1, -0.05) is 188 Å². The van der Waals surface area contributed by atoms with E-state index in [1.807, 2.05) is 0 Å². The number of hydrogen-bond donors (Lipinski definition) is 0. The van der Waals surface area contributed by atoms with Gasteiger partial charge in [-0.3, -0.25) is 0 Å². The van der Waals surface area contributed by atoms with Crippen LogP contribution in [0.4, 0.5) is 17.1 Å². The normalized spacial score (nSPS) is 13.9. The standard InChI is InChI=1S/C60H58N2/c1-59(2,3)43-38-44(60(4,5)6)40-46(39-43)62(53-34-16-13-28-48(53)50-32-20-25-42-24-19-31-47(57(42)50)41-22-9-7-10-23-41)54-35-17-14-29-49(54)51-33-21-37-56-58(51)52-30-15-18-36-55(52)61(56)45-26-11-8-12-27-45/h8,11-21,24-41H,7,9-10,22-23H2,1-6H3. The third-order valence-corrected chi connectivity index (χ3v) is 13.5. The van der Waals surface area contributed by atoms with Crippen LogP contribution in [-0.2, 0) is 10.8 Å². The van der Waals surface area contributed by atoms with Gasteiger partial charge in [-0.05, 0) is 117 Å². The van der Waals surface area contributed by atoms with Crippen LogP contribution in [0.3, 0.4) is 0 Å². The van der Waals surface area contributed by atoms with Crippen molar-refractivity contribution in [1.29, 1.82) is 0 Å². The first-order valence-electron chi connectivity index (χ1n) is 22.8. The fourth-order valence-corrected chi connectivity index (χ4v) is 10.3. The molecule has 62 heavy (non-hydrogen) atoms. The second kappa shape index (κ2) is 15.8. The van der Waals surface area contributed by atoms with Gasteiger partial charge in [0, 0.05) is 33.3 Å². The number of hydrogen-bond acceptors (Lipinski definition) is 1. The van der Waals surface area contributed by atoms with Crippen molar-refractivity contribution in [2.24, 2.45) is 0 Å². The maximum absolute atomic E-state index is 2.59. The molecule has 0 bridgehead atoms. The summed E-state index contributed by atoms with van der Waals surface area (Å²) >= 11 is 0. The molecule has 0 spiro atoms. The number of nitrogens with zero attached hydrogens (tertiary/aromatic N) is 2. The summed E-state index contributed by atoms with van der Waals surface area (Å²) in [5.74, 6) is 0.578. The molecule has 308 valence electrons. The van der Waals surface area contributed by atoms with Crippen molar-refractivity contribution in [3.63, 3.8) is 0 Å². The minimum Gasteiger partial charge on any atom is -0.309 e. The third kappa shape index (κ3) is 7.10. The molecule has 1 heterocycles. The Kier molecular flexibility index (Phi) is 10.1. The van der Waals surface area contributed by atoms with E-state index in [-0.39, 0.29) is 10.8 Å². The minimum absolute atomic E-state index is 0.0594. The first-order valence-corrected chi connectivity index (χ1v) is 22.8. The number of para-hydroxylation sites is 4. The summed E-state index contributed by atoms with van der Waals surface area (Å²) in [5, 5.41) is 5.23. The van der Waals surface area contributed by atoms with Crippen LogP contribution in [0.1, 0.15) is 96.3 Å². The van der Waals surface area contributed by atoms with Crippen molar-refractivity contribution >= 4 is 49.6 Å². The number of rotatable bonds is 7. The smallest absolute Gasteiger partial charge is 0.0547 e. The van der Waals surface area contributed by atoms with Crippen LogP contribution < -0.4 is 4.90 Å². The van der Waals surface area contributed by atoms with Crippen LogP contribution in [0, 0.1) is 0 Å². The summed E-state index contributed by atoms with van der Waals surface area (Å²) in [4.78, 5) is 2.59. The zero-order valence-electron chi connectivity index (χ0n) is 37.3. The van der Waals surface area contributed by atoms with E-state index in [0.717, 1.165) is 11.4 Å². The molecule has 2 heteroatoms. The summed E-state index contributed by atoms with van der Waals surface area (Å²) in [6, 6.07) is 66.2. The van der Waals surface area contributed by atoms with Gasteiger partial charge in [-0.2, -0.15) is 0 Å². The predicted molar refractivity (Wildman–Crippen MR) is 267 cm³/mol. The van der Waals surface area contributed by atoms with Gasteiger partial charge in [-0.15, -0.1) is 0 Å². The van der Waals surface area contributed by atoms with E-state index in [1.165, 1.54) is 115 Å². The van der Waals surface area contributed by atoms with Crippen LogP contribution in [0.15, 0.2) is 176 Å². The van der Waals surface area contributed by atoms with E-state index < -0.39 is 0 Å². The molecule has 9 aromatic rings. The molecular formula is C60H58N2. The van der Waals surface area contributed by atoms with Crippen molar-refractivity contribution in [1.82, 2.24) is 4.57 Å². The Morgan fingerprint density at radius 2 is 0.968 bits per heavy atom. The Balaban J connectivity index is 1.28. The van der Waals surface area contributed by atoms with Crippen LogP contribution >= 0.6 is 0 Å². The Bertz CT molecular complexity index is 3040. The zero-order chi connectivity index (χ0) is 42.6. The van der Waals surface area contributed by atoms with Crippen molar-refractivity contribution in [2.75, 3.05) is 4.90 Å². The first-order chi connectivity index (χ1) is 30.1. The molecule has 1 aliphatic carbocycles. The lowest BCUT2D eigenvalue weighted by Gasteiger charge is -2.33. The fraction of sp³-hybridized carbons (Fsp3) is 0.233. The quantitative estimate of drug-likeness (QED) is 0.156. The highest BCUT2D eigenvalue weighted by atomic mass is 15.1. The molecule has 0 radical (unpaired) electrons. The molecule has 0 aliphatic heterocycles. The van der Waals surface area contributed by atoms with Gasteiger partial charge in [0.25, 0.3) is 0 Å². The van der Waals surface area contributed by atoms with Crippen LogP contribution in [-0.4, -0.2) is 4.57 Å². The van der Waals surface area contributed by atoms with Crippen molar-refractivity contribution in [3.8, 4) is 27.9 Å². The van der Waals surface area contributed by atoms with E-state index in [9.17, 15) is 0 Å². The van der Waals surface area contributed by atoms with Gasteiger partial charge in [0.1, 0.15) is 0 Å². The predicted octanol–water partition coefficient (Wildman–Crippen LogP) is 17.4. The second-order valence-electron chi connectivity index (χ2n) is 19.6. The highest BCUT2D eigenvalue weighted by Gasteiger charge is 2.28. The van der Waals surface area contributed by atoms with Crippen LogP contribution in [0.2, 0.25) is 0 Å². The number of anilines is 3. The molecule has 1 aliphatic rings. The summed E-state index contributed by atoms with van der Waals surface area (Å²) < 4.78 is 2.43. The first kappa shape index (κ1) is 39.7. The molecule has 0 atom stereocenters. The van der Waals surface area contributed by atoms with Gasteiger partial charge >= 0.3 is 0 Å². The molecule has 2 nitrogen and oxygen atoms in total. The van der Waals surface area contributed by atoms with Crippen LogP contribution in [0.5, 0.6) is 0 Å². The number of aromatic nitrogens is 1. The highest BCUT2D eigenvalue weighted by molar-refractivity contribution is 6.17. The molecule has 1 aromatic heterocycles. The van der Waals surface area contributed by atoms with Gasteiger partial charge in [0.15, 0.2) is 0 Å². The Labute approximate surface area is 368 Å². The Hall–Kier alpha value is -6.38. The average molecular weight is 807 g/mol. The molecular weight excluding hydrogens is 749 g/mol. The topological polar surface area (TPSA) is 8.17 Å².